The highest BCUT2D eigenvalue weighted by Gasteiger charge is 2.00. The molecule has 1 N–H and O–H groups in total. The lowest BCUT2D eigenvalue weighted by molar-refractivity contribution is 0.619. The molecule has 0 heterocycles. The number of halogens is 3. The predicted molar refractivity (Wildman–Crippen MR) is 80.6 cm³/mol. The van der Waals surface area contributed by atoms with Crippen LogP contribution in [-0.2, 0) is 6.54 Å². The Kier molecular flexibility index (Phi) is 4.39. The van der Waals surface area contributed by atoms with Crippen LogP contribution < -0.4 is 5.32 Å². The summed E-state index contributed by atoms with van der Waals surface area (Å²) in [5, 5.41) is 3.26. The summed E-state index contributed by atoms with van der Waals surface area (Å²) in [6, 6.07) is 13.2. The maximum Gasteiger partial charge on any atom is 0.137 e. The van der Waals surface area contributed by atoms with E-state index in [1.165, 1.54) is 9.64 Å². The predicted octanol–water partition coefficient (Wildman–Crippen LogP) is 4.80. The number of benzene rings is 2. The molecule has 4 heteroatoms. The Labute approximate surface area is 122 Å². The van der Waals surface area contributed by atoms with Crippen molar-refractivity contribution >= 4 is 44.2 Å². The monoisotopic (exact) mass is 405 g/mol. The van der Waals surface area contributed by atoms with Gasteiger partial charge >= 0.3 is 0 Å². The van der Waals surface area contributed by atoms with Gasteiger partial charge in [0.05, 0.1) is 4.47 Å². The molecular weight excluding hydrogens is 396 g/mol. The summed E-state index contributed by atoms with van der Waals surface area (Å²) in [5.41, 5.74) is 1.96. The van der Waals surface area contributed by atoms with Gasteiger partial charge in [0.1, 0.15) is 5.82 Å². The van der Waals surface area contributed by atoms with Crippen LogP contribution in [0.15, 0.2) is 46.9 Å². The van der Waals surface area contributed by atoms with Crippen molar-refractivity contribution in [2.45, 2.75) is 6.54 Å². The zero-order valence-electron chi connectivity index (χ0n) is 8.88. The molecule has 0 saturated heterocycles. The summed E-state index contributed by atoms with van der Waals surface area (Å²) in [4.78, 5) is 0. The van der Waals surface area contributed by atoms with Crippen LogP contribution >= 0.6 is 38.5 Å². The molecule has 0 aliphatic carbocycles. The van der Waals surface area contributed by atoms with Crippen LogP contribution in [0.2, 0.25) is 0 Å². The Morgan fingerprint density at radius 1 is 1.18 bits per heavy atom. The molecule has 0 fully saturated rings. The molecule has 2 rings (SSSR count). The first-order valence-electron chi connectivity index (χ1n) is 5.08. The van der Waals surface area contributed by atoms with Gasteiger partial charge in [0, 0.05) is 15.8 Å². The fourth-order valence-corrected chi connectivity index (χ4v) is 2.24. The van der Waals surface area contributed by atoms with Gasteiger partial charge in [-0.15, -0.1) is 0 Å². The van der Waals surface area contributed by atoms with E-state index in [4.69, 9.17) is 0 Å². The second-order valence-electron chi connectivity index (χ2n) is 3.61. The van der Waals surface area contributed by atoms with Crippen LogP contribution in [0.25, 0.3) is 0 Å². The van der Waals surface area contributed by atoms with Crippen molar-refractivity contribution < 1.29 is 4.39 Å². The Hall–Kier alpha value is -0.620. The molecule has 2 aromatic rings. The number of anilines is 1. The Balaban J connectivity index is 2.05. The summed E-state index contributed by atoms with van der Waals surface area (Å²) in [7, 11) is 0. The second kappa shape index (κ2) is 5.82. The zero-order chi connectivity index (χ0) is 12.3. The third-order valence-corrected chi connectivity index (χ3v) is 3.62. The smallest absolute Gasteiger partial charge is 0.137 e. The molecule has 17 heavy (non-hydrogen) atoms. The fraction of sp³-hybridized carbons (Fsp3) is 0.0769. The average Bonchev–Trinajstić information content (AvgIpc) is 2.31. The summed E-state index contributed by atoms with van der Waals surface area (Å²) in [6.45, 7) is 0.615. The van der Waals surface area contributed by atoms with Crippen molar-refractivity contribution in [2.75, 3.05) is 5.32 Å². The van der Waals surface area contributed by atoms with Crippen molar-refractivity contribution in [3.8, 4) is 0 Å². The van der Waals surface area contributed by atoms with Crippen LogP contribution in [0.3, 0.4) is 0 Å². The van der Waals surface area contributed by atoms with Crippen molar-refractivity contribution in [3.63, 3.8) is 0 Å². The summed E-state index contributed by atoms with van der Waals surface area (Å²) >= 11 is 5.40. The Morgan fingerprint density at radius 3 is 2.71 bits per heavy atom. The second-order valence-corrected chi connectivity index (χ2v) is 5.71. The standard InChI is InChI=1S/C13H10BrFIN/c14-12-5-4-9(6-13(12)15)8-17-11-3-1-2-10(16)7-11/h1-7,17H,8H2. The Morgan fingerprint density at radius 2 is 2.00 bits per heavy atom. The lowest BCUT2D eigenvalue weighted by Crippen LogP contribution is -1.99. The molecule has 0 aromatic heterocycles. The zero-order valence-corrected chi connectivity index (χ0v) is 12.6. The van der Waals surface area contributed by atoms with Gasteiger partial charge in [-0.3, -0.25) is 0 Å². The van der Waals surface area contributed by atoms with Crippen LogP contribution in [0, 0.1) is 9.39 Å². The van der Waals surface area contributed by atoms with Crippen molar-refractivity contribution in [3.05, 3.63) is 61.9 Å². The van der Waals surface area contributed by atoms with Crippen molar-refractivity contribution in [1.82, 2.24) is 0 Å². The first-order valence-corrected chi connectivity index (χ1v) is 6.96. The number of hydrogen-bond acceptors (Lipinski definition) is 1. The Bertz CT molecular complexity index is 531. The van der Waals surface area contributed by atoms with Crippen molar-refractivity contribution in [1.29, 1.82) is 0 Å². The van der Waals surface area contributed by atoms with Gasteiger partial charge in [-0.25, -0.2) is 4.39 Å². The minimum Gasteiger partial charge on any atom is -0.381 e. The highest BCUT2D eigenvalue weighted by atomic mass is 127. The van der Waals surface area contributed by atoms with E-state index in [1.54, 1.807) is 6.07 Å². The first-order chi connectivity index (χ1) is 8.15. The largest absolute Gasteiger partial charge is 0.381 e. The highest BCUT2D eigenvalue weighted by Crippen LogP contribution is 2.18. The van der Waals surface area contributed by atoms with E-state index in [2.05, 4.69) is 49.9 Å². The third-order valence-electron chi connectivity index (χ3n) is 2.31. The molecule has 0 atom stereocenters. The van der Waals surface area contributed by atoms with E-state index >= 15 is 0 Å². The molecule has 0 radical (unpaired) electrons. The van der Waals surface area contributed by atoms with Gasteiger partial charge in [0.25, 0.3) is 0 Å². The third kappa shape index (κ3) is 3.67. The van der Waals surface area contributed by atoms with Gasteiger partial charge in [-0.05, 0) is 74.4 Å². The number of hydrogen-bond donors (Lipinski definition) is 1. The SMILES string of the molecule is Fc1cc(CNc2cccc(I)c2)ccc1Br. The molecule has 1 nitrogen and oxygen atoms in total. The van der Waals surface area contributed by atoms with Gasteiger partial charge in [-0.2, -0.15) is 0 Å². The minimum absolute atomic E-state index is 0.230. The molecular formula is C13H10BrFIN. The van der Waals surface area contributed by atoms with Crippen LogP contribution in [0.4, 0.5) is 10.1 Å². The van der Waals surface area contributed by atoms with Gasteiger partial charge in [0.15, 0.2) is 0 Å². The van der Waals surface area contributed by atoms with E-state index in [0.29, 0.717) is 11.0 Å². The summed E-state index contributed by atoms with van der Waals surface area (Å²) < 4.78 is 15.0. The fourth-order valence-electron chi connectivity index (χ4n) is 1.45. The van der Waals surface area contributed by atoms with Crippen molar-refractivity contribution in [2.24, 2.45) is 0 Å². The molecule has 0 aliphatic rings. The lowest BCUT2D eigenvalue weighted by Gasteiger charge is -2.07. The average molecular weight is 406 g/mol. The molecule has 0 spiro atoms. The lowest BCUT2D eigenvalue weighted by atomic mass is 10.2. The molecule has 0 saturated carbocycles. The van der Waals surface area contributed by atoms with Crippen LogP contribution in [0.5, 0.6) is 0 Å². The van der Waals surface area contributed by atoms with E-state index < -0.39 is 0 Å². The quantitative estimate of drug-likeness (QED) is 0.723. The first kappa shape index (κ1) is 12.8. The molecule has 0 bridgehead atoms. The maximum absolute atomic E-state index is 13.3. The molecule has 88 valence electrons. The molecule has 0 amide bonds. The topological polar surface area (TPSA) is 12.0 Å². The van der Waals surface area contributed by atoms with Gasteiger partial charge in [0.2, 0.25) is 0 Å². The highest BCUT2D eigenvalue weighted by molar-refractivity contribution is 14.1. The minimum atomic E-state index is -0.230. The van der Waals surface area contributed by atoms with Crippen LogP contribution in [-0.4, -0.2) is 0 Å². The normalized spacial score (nSPS) is 10.3. The van der Waals surface area contributed by atoms with E-state index in [-0.39, 0.29) is 5.82 Å². The summed E-state index contributed by atoms with van der Waals surface area (Å²) in [6.07, 6.45) is 0. The van der Waals surface area contributed by atoms with Gasteiger partial charge in [-0.1, -0.05) is 12.1 Å². The van der Waals surface area contributed by atoms with Crippen LogP contribution in [0.1, 0.15) is 5.56 Å². The van der Waals surface area contributed by atoms with E-state index in [1.807, 2.05) is 24.3 Å². The van der Waals surface area contributed by atoms with Gasteiger partial charge < -0.3 is 5.32 Å². The molecule has 0 aliphatic heterocycles. The summed E-state index contributed by atoms with van der Waals surface area (Å²) in [5.74, 6) is -0.230. The number of nitrogens with one attached hydrogen (secondary N) is 1. The molecule has 0 unspecified atom stereocenters. The van der Waals surface area contributed by atoms with E-state index in [9.17, 15) is 4.39 Å². The maximum atomic E-state index is 13.3. The number of rotatable bonds is 3. The molecule has 2 aromatic carbocycles. The van der Waals surface area contributed by atoms with E-state index in [0.717, 1.165) is 11.3 Å².